The topological polar surface area (TPSA) is 32.3 Å². The minimum atomic E-state index is 0.251. The molecule has 3 aliphatic heterocycles. The van der Waals surface area contributed by atoms with Crippen molar-refractivity contribution in [3.63, 3.8) is 0 Å². The molecule has 1 aliphatic carbocycles. The third-order valence-corrected chi connectivity index (χ3v) is 6.32. The molecule has 1 N–H and O–H groups in total. The highest BCUT2D eigenvalue weighted by Gasteiger charge is 2.62. The standard InChI is InChI=1S/C15H24N2O/c1-10-8-11-2-3-12(18)9-15(11)13-4-6-16-14(13)5-7-17(10)15/h10-11,13-14,16H,2-9H2,1H3/t10-,11-,13?,14?,15?/m1/s1. The van der Waals surface area contributed by atoms with Crippen molar-refractivity contribution in [2.75, 3.05) is 13.1 Å². The summed E-state index contributed by atoms with van der Waals surface area (Å²) in [5.74, 6) is 2.06. The maximum atomic E-state index is 12.1. The Labute approximate surface area is 109 Å². The van der Waals surface area contributed by atoms with E-state index in [9.17, 15) is 4.79 Å². The molecule has 4 aliphatic rings. The number of nitrogens with zero attached hydrogens (tertiary/aromatic N) is 1. The zero-order valence-corrected chi connectivity index (χ0v) is 11.3. The molecule has 0 aromatic rings. The summed E-state index contributed by atoms with van der Waals surface area (Å²) in [6, 6.07) is 1.39. The molecule has 1 saturated carbocycles. The lowest BCUT2D eigenvalue weighted by molar-refractivity contribution is -0.130. The average Bonchev–Trinajstić information content (AvgIpc) is 2.91. The SMILES string of the molecule is C[C@@H]1C[C@H]2CCC(=O)CC23C2CCNC2CCN13. The van der Waals surface area contributed by atoms with Crippen LogP contribution in [0.15, 0.2) is 0 Å². The molecule has 4 fully saturated rings. The number of piperidine rings is 1. The van der Waals surface area contributed by atoms with E-state index in [0.29, 0.717) is 17.9 Å². The van der Waals surface area contributed by atoms with E-state index in [4.69, 9.17) is 0 Å². The summed E-state index contributed by atoms with van der Waals surface area (Å²) < 4.78 is 0. The molecule has 5 atom stereocenters. The van der Waals surface area contributed by atoms with Crippen LogP contribution >= 0.6 is 0 Å². The Balaban J connectivity index is 1.78. The van der Waals surface area contributed by atoms with Gasteiger partial charge in [-0.3, -0.25) is 9.69 Å². The zero-order valence-electron chi connectivity index (χ0n) is 11.3. The van der Waals surface area contributed by atoms with Crippen molar-refractivity contribution in [2.24, 2.45) is 11.8 Å². The van der Waals surface area contributed by atoms with Gasteiger partial charge in [0, 0.05) is 37.0 Å². The largest absolute Gasteiger partial charge is 0.314 e. The first-order valence-electron chi connectivity index (χ1n) is 7.73. The third-order valence-electron chi connectivity index (χ3n) is 6.32. The van der Waals surface area contributed by atoms with Crippen LogP contribution in [0.2, 0.25) is 0 Å². The number of carbonyl (C=O) groups excluding carboxylic acids is 1. The number of rotatable bonds is 0. The highest BCUT2D eigenvalue weighted by atomic mass is 16.1. The van der Waals surface area contributed by atoms with Gasteiger partial charge in [0.15, 0.2) is 0 Å². The number of hydrogen-bond acceptors (Lipinski definition) is 3. The molecule has 3 nitrogen and oxygen atoms in total. The summed E-state index contributed by atoms with van der Waals surface area (Å²) in [6.07, 6.45) is 6.76. The molecule has 100 valence electrons. The van der Waals surface area contributed by atoms with Gasteiger partial charge in [-0.15, -0.1) is 0 Å². The minimum Gasteiger partial charge on any atom is -0.314 e. The molecule has 3 heterocycles. The smallest absolute Gasteiger partial charge is 0.134 e. The molecule has 18 heavy (non-hydrogen) atoms. The summed E-state index contributed by atoms with van der Waals surface area (Å²) in [4.78, 5) is 14.8. The molecule has 3 heteroatoms. The minimum absolute atomic E-state index is 0.251. The van der Waals surface area contributed by atoms with Gasteiger partial charge >= 0.3 is 0 Å². The second kappa shape index (κ2) is 3.80. The van der Waals surface area contributed by atoms with Crippen LogP contribution in [0, 0.1) is 11.8 Å². The van der Waals surface area contributed by atoms with Gasteiger partial charge in [-0.2, -0.15) is 0 Å². The number of hydrogen-bond donors (Lipinski definition) is 1. The van der Waals surface area contributed by atoms with Crippen LogP contribution in [0.1, 0.15) is 45.4 Å². The average molecular weight is 248 g/mol. The van der Waals surface area contributed by atoms with Gasteiger partial charge in [-0.1, -0.05) is 0 Å². The van der Waals surface area contributed by atoms with Crippen molar-refractivity contribution < 1.29 is 4.79 Å². The molecule has 0 amide bonds. The van der Waals surface area contributed by atoms with Gasteiger partial charge in [0.2, 0.25) is 0 Å². The number of fused-ring (bicyclic) bond motifs is 1. The van der Waals surface area contributed by atoms with E-state index in [1.54, 1.807) is 0 Å². The maximum Gasteiger partial charge on any atom is 0.134 e. The van der Waals surface area contributed by atoms with E-state index in [1.165, 1.54) is 32.4 Å². The van der Waals surface area contributed by atoms with Crippen molar-refractivity contribution in [1.29, 1.82) is 0 Å². The van der Waals surface area contributed by atoms with Crippen LogP contribution < -0.4 is 5.32 Å². The summed E-state index contributed by atoms with van der Waals surface area (Å²) in [7, 11) is 0. The molecule has 3 saturated heterocycles. The molecule has 1 spiro atoms. The highest BCUT2D eigenvalue weighted by Crippen LogP contribution is 2.55. The summed E-state index contributed by atoms with van der Waals surface area (Å²) in [6.45, 7) is 4.76. The number of carbonyl (C=O) groups is 1. The van der Waals surface area contributed by atoms with Crippen LogP contribution in [0.25, 0.3) is 0 Å². The Morgan fingerprint density at radius 3 is 3.11 bits per heavy atom. The van der Waals surface area contributed by atoms with Crippen LogP contribution in [-0.2, 0) is 4.79 Å². The predicted octanol–water partition coefficient (Wildman–Crippen LogP) is 1.57. The first-order chi connectivity index (χ1) is 8.72. The lowest BCUT2D eigenvalue weighted by Crippen LogP contribution is -2.64. The first kappa shape index (κ1) is 11.4. The molecular weight excluding hydrogens is 224 g/mol. The zero-order chi connectivity index (χ0) is 12.3. The van der Waals surface area contributed by atoms with Crippen molar-refractivity contribution in [3.05, 3.63) is 0 Å². The fourth-order valence-electron chi connectivity index (χ4n) is 5.76. The second-order valence-electron chi connectivity index (χ2n) is 6.96. The molecular formula is C15H24N2O. The van der Waals surface area contributed by atoms with Crippen LogP contribution in [0.3, 0.4) is 0 Å². The second-order valence-corrected chi connectivity index (χ2v) is 6.96. The quantitative estimate of drug-likeness (QED) is 0.706. The molecule has 0 radical (unpaired) electrons. The molecule has 0 aromatic carbocycles. The van der Waals surface area contributed by atoms with Gasteiger partial charge in [-0.05, 0) is 51.0 Å². The van der Waals surface area contributed by atoms with Crippen LogP contribution in [-0.4, -0.2) is 41.4 Å². The lowest BCUT2D eigenvalue weighted by Gasteiger charge is -2.54. The Morgan fingerprint density at radius 1 is 1.33 bits per heavy atom. The summed E-state index contributed by atoms with van der Waals surface area (Å²) >= 11 is 0. The normalized spacial score (nSPS) is 51.9. The van der Waals surface area contributed by atoms with Gasteiger partial charge in [0.1, 0.15) is 5.78 Å². The lowest BCUT2D eigenvalue weighted by atomic mass is 9.62. The van der Waals surface area contributed by atoms with Crippen LogP contribution in [0.5, 0.6) is 0 Å². The number of nitrogens with one attached hydrogen (secondary N) is 1. The van der Waals surface area contributed by atoms with Crippen LogP contribution in [0.4, 0.5) is 0 Å². The number of Topliss-reactive ketones (excluding diaryl/α,β-unsaturated/α-hetero) is 1. The van der Waals surface area contributed by atoms with E-state index < -0.39 is 0 Å². The molecule has 0 aromatic heterocycles. The Bertz CT molecular complexity index is 383. The van der Waals surface area contributed by atoms with Gasteiger partial charge < -0.3 is 5.32 Å². The van der Waals surface area contributed by atoms with E-state index >= 15 is 0 Å². The van der Waals surface area contributed by atoms with Crippen molar-refractivity contribution in [2.45, 2.75) is 63.1 Å². The molecule has 0 bridgehead atoms. The van der Waals surface area contributed by atoms with E-state index in [2.05, 4.69) is 17.1 Å². The highest BCUT2D eigenvalue weighted by molar-refractivity contribution is 5.81. The monoisotopic (exact) mass is 248 g/mol. The molecule has 3 unspecified atom stereocenters. The van der Waals surface area contributed by atoms with Gasteiger partial charge in [0.05, 0.1) is 0 Å². The Kier molecular flexibility index (Phi) is 2.41. The summed E-state index contributed by atoms with van der Waals surface area (Å²) in [5, 5.41) is 3.69. The van der Waals surface area contributed by atoms with E-state index in [-0.39, 0.29) is 5.54 Å². The Morgan fingerprint density at radius 2 is 2.22 bits per heavy atom. The number of ketones is 1. The molecule has 4 rings (SSSR count). The maximum absolute atomic E-state index is 12.1. The van der Waals surface area contributed by atoms with E-state index in [0.717, 1.165) is 31.1 Å². The van der Waals surface area contributed by atoms with Crippen molar-refractivity contribution in [3.8, 4) is 0 Å². The summed E-state index contributed by atoms with van der Waals surface area (Å²) in [5.41, 5.74) is 0.251. The van der Waals surface area contributed by atoms with Gasteiger partial charge in [-0.25, -0.2) is 0 Å². The first-order valence-corrected chi connectivity index (χ1v) is 7.73. The van der Waals surface area contributed by atoms with Gasteiger partial charge in [0.25, 0.3) is 0 Å². The van der Waals surface area contributed by atoms with E-state index in [1.807, 2.05) is 0 Å². The Hall–Kier alpha value is -0.410. The fraction of sp³-hybridized carbons (Fsp3) is 0.933. The fourth-order valence-corrected chi connectivity index (χ4v) is 5.76. The predicted molar refractivity (Wildman–Crippen MR) is 70.4 cm³/mol. The van der Waals surface area contributed by atoms with Crippen molar-refractivity contribution in [1.82, 2.24) is 10.2 Å². The third kappa shape index (κ3) is 1.30. The van der Waals surface area contributed by atoms with Crippen molar-refractivity contribution >= 4 is 5.78 Å².